The monoisotopic (exact) mass is 509 g/mol. The van der Waals surface area contributed by atoms with Crippen LogP contribution in [-0.4, -0.2) is 35.0 Å². The minimum Gasteiger partial charge on any atom is -0.457 e. The van der Waals surface area contributed by atoms with Gasteiger partial charge >= 0.3 is 6.03 Å². The van der Waals surface area contributed by atoms with E-state index in [1.54, 1.807) is 12.1 Å². The zero-order valence-corrected chi connectivity index (χ0v) is 21.3. The Morgan fingerprint density at radius 1 is 0.816 bits per heavy atom. The van der Waals surface area contributed by atoms with Crippen LogP contribution >= 0.6 is 0 Å². The molecule has 0 aromatic heterocycles. The van der Waals surface area contributed by atoms with E-state index in [1.165, 1.54) is 17.7 Å². The fourth-order valence-electron chi connectivity index (χ4n) is 4.89. The standard InChI is InChI=1S/C32H32FN3O2/c33-27-12-8-13-28(22-27)34-32(37)36(29-17-19-35(20-18-29)23-25-9-3-1-4-10-25)24-26-11-7-16-31(21-26)38-30-14-5-2-6-15-30/h1-16,21-22,29H,17-20,23-24H2,(H,34,37). The van der Waals surface area contributed by atoms with Gasteiger partial charge in [0.05, 0.1) is 0 Å². The molecular weight excluding hydrogens is 477 g/mol. The second-order valence-corrected chi connectivity index (χ2v) is 9.62. The van der Waals surface area contributed by atoms with E-state index in [2.05, 4.69) is 34.5 Å². The molecule has 0 unspecified atom stereocenters. The van der Waals surface area contributed by atoms with Crippen molar-refractivity contribution in [3.63, 3.8) is 0 Å². The van der Waals surface area contributed by atoms with Gasteiger partial charge < -0.3 is 15.0 Å². The van der Waals surface area contributed by atoms with Gasteiger partial charge in [-0.2, -0.15) is 0 Å². The molecule has 0 atom stereocenters. The highest BCUT2D eigenvalue weighted by molar-refractivity contribution is 5.89. The average Bonchev–Trinajstić information content (AvgIpc) is 2.94. The predicted molar refractivity (Wildman–Crippen MR) is 149 cm³/mol. The number of hydrogen-bond donors (Lipinski definition) is 1. The van der Waals surface area contributed by atoms with Gasteiger partial charge in [0.1, 0.15) is 17.3 Å². The van der Waals surface area contributed by atoms with Crippen LogP contribution in [0.15, 0.2) is 109 Å². The molecule has 6 heteroatoms. The smallest absolute Gasteiger partial charge is 0.322 e. The van der Waals surface area contributed by atoms with Crippen LogP contribution in [-0.2, 0) is 13.1 Å². The lowest BCUT2D eigenvalue weighted by Gasteiger charge is -2.38. The van der Waals surface area contributed by atoms with Gasteiger partial charge in [-0.25, -0.2) is 9.18 Å². The van der Waals surface area contributed by atoms with Crippen molar-refractivity contribution in [1.29, 1.82) is 0 Å². The summed E-state index contributed by atoms with van der Waals surface area (Å²) in [6.07, 6.45) is 1.73. The Bertz CT molecular complexity index is 1320. The quantitative estimate of drug-likeness (QED) is 0.271. The van der Waals surface area contributed by atoms with Gasteiger partial charge in [0.15, 0.2) is 0 Å². The van der Waals surface area contributed by atoms with Gasteiger partial charge in [0.25, 0.3) is 0 Å². The van der Waals surface area contributed by atoms with Crippen LogP contribution in [0.4, 0.5) is 14.9 Å². The fourth-order valence-corrected chi connectivity index (χ4v) is 4.89. The number of ether oxygens (including phenoxy) is 1. The third kappa shape index (κ3) is 6.99. The minimum atomic E-state index is -0.380. The summed E-state index contributed by atoms with van der Waals surface area (Å²) in [4.78, 5) is 17.8. The second kappa shape index (κ2) is 12.4. The summed E-state index contributed by atoms with van der Waals surface area (Å²) in [7, 11) is 0. The first kappa shape index (κ1) is 25.5. The Morgan fingerprint density at radius 2 is 1.47 bits per heavy atom. The number of hydrogen-bond acceptors (Lipinski definition) is 3. The van der Waals surface area contributed by atoms with Gasteiger partial charge in [-0.3, -0.25) is 4.90 Å². The Labute approximate surface area is 223 Å². The number of likely N-dealkylation sites (tertiary alicyclic amines) is 1. The molecule has 1 N–H and O–H groups in total. The number of para-hydroxylation sites is 1. The van der Waals surface area contributed by atoms with Crippen molar-refractivity contribution in [2.75, 3.05) is 18.4 Å². The summed E-state index contributed by atoms with van der Waals surface area (Å²) in [6.45, 7) is 3.14. The Balaban J connectivity index is 1.30. The molecule has 5 nitrogen and oxygen atoms in total. The summed E-state index contributed by atoms with van der Waals surface area (Å²) in [5, 5.41) is 2.91. The SMILES string of the molecule is O=C(Nc1cccc(F)c1)N(Cc1cccc(Oc2ccccc2)c1)C1CCN(Cc2ccccc2)CC1. The van der Waals surface area contributed by atoms with E-state index in [0.29, 0.717) is 12.2 Å². The molecule has 4 aromatic rings. The first-order valence-electron chi connectivity index (χ1n) is 13.0. The minimum absolute atomic E-state index is 0.0641. The number of piperidine rings is 1. The van der Waals surface area contributed by atoms with Gasteiger partial charge in [0.2, 0.25) is 0 Å². The topological polar surface area (TPSA) is 44.8 Å². The summed E-state index contributed by atoms with van der Waals surface area (Å²) in [6, 6.07) is 33.8. The fraction of sp³-hybridized carbons (Fsp3) is 0.219. The maximum absolute atomic E-state index is 13.8. The molecule has 1 aliphatic rings. The van der Waals surface area contributed by atoms with Gasteiger partial charge in [-0.15, -0.1) is 0 Å². The zero-order valence-electron chi connectivity index (χ0n) is 21.3. The number of benzene rings is 4. The normalized spacial score (nSPS) is 14.1. The van der Waals surface area contributed by atoms with Crippen LogP contribution in [0.2, 0.25) is 0 Å². The van der Waals surface area contributed by atoms with Crippen molar-refractivity contribution in [3.05, 3.63) is 126 Å². The summed E-state index contributed by atoms with van der Waals surface area (Å²) in [5.74, 6) is 1.10. The number of nitrogens with one attached hydrogen (secondary N) is 1. The lowest BCUT2D eigenvalue weighted by Crippen LogP contribution is -2.48. The number of anilines is 1. The highest BCUT2D eigenvalue weighted by Crippen LogP contribution is 2.26. The molecule has 1 saturated heterocycles. The molecule has 194 valence electrons. The number of urea groups is 1. The Morgan fingerprint density at radius 3 is 2.21 bits per heavy atom. The molecule has 0 aliphatic carbocycles. The van der Waals surface area contributed by atoms with Crippen molar-refractivity contribution >= 4 is 11.7 Å². The van der Waals surface area contributed by atoms with Crippen LogP contribution in [0.25, 0.3) is 0 Å². The van der Waals surface area contributed by atoms with E-state index < -0.39 is 0 Å². The number of rotatable bonds is 8. The van der Waals surface area contributed by atoms with E-state index in [9.17, 15) is 9.18 Å². The highest BCUT2D eigenvalue weighted by atomic mass is 19.1. The summed E-state index contributed by atoms with van der Waals surface area (Å²) >= 11 is 0. The molecule has 2 amide bonds. The third-order valence-corrected chi connectivity index (χ3v) is 6.81. The van der Waals surface area contributed by atoms with Crippen LogP contribution < -0.4 is 10.1 Å². The zero-order chi connectivity index (χ0) is 26.2. The van der Waals surface area contributed by atoms with Crippen LogP contribution in [0.5, 0.6) is 11.5 Å². The molecule has 0 spiro atoms. The lowest BCUT2D eigenvalue weighted by atomic mass is 10.0. The number of nitrogens with zero attached hydrogens (tertiary/aromatic N) is 2. The highest BCUT2D eigenvalue weighted by Gasteiger charge is 2.28. The van der Waals surface area contributed by atoms with E-state index >= 15 is 0 Å². The van der Waals surface area contributed by atoms with Crippen molar-refractivity contribution in [2.45, 2.75) is 32.0 Å². The molecule has 0 saturated carbocycles. The number of halogens is 1. The van der Waals surface area contributed by atoms with Crippen molar-refractivity contribution in [3.8, 4) is 11.5 Å². The Hall–Kier alpha value is -4.16. The largest absolute Gasteiger partial charge is 0.457 e. The maximum Gasteiger partial charge on any atom is 0.322 e. The van der Waals surface area contributed by atoms with E-state index in [0.717, 1.165) is 49.5 Å². The molecule has 0 bridgehead atoms. The van der Waals surface area contributed by atoms with Crippen molar-refractivity contribution in [1.82, 2.24) is 9.80 Å². The third-order valence-electron chi connectivity index (χ3n) is 6.81. The molecule has 1 fully saturated rings. The predicted octanol–water partition coefficient (Wildman–Crippen LogP) is 7.32. The molecule has 5 rings (SSSR count). The Kier molecular flexibility index (Phi) is 8.31. The van der Waals surface area contributed by atoms with Gasteiger partial charge in [0, 0.05) is 37.9 Å². The molecular formula is C32H32FN3O2. The average molecular weight is 510 g/mol. The second-order valence-electron chi connectivity index (χ2n) is 9.62. The van der Waals surface area contributed by atoms with Gasteiger partial charge in [-0.1, -0.05) is 66.7 Å². The van der Waals surface area contributed by atoms with Crippen molar-refractivity contribution in [2.24, 2.45) is 0 Å². The number of carbonyl (C=O) groups is 1. The van der Waals surface area contributed by atoms with E-state index in [-0.39, 0.29) is 17.9 Å². The van der Waals surface area contributed by atoms with Crippen LogP contribution in [0.1, 0.15) is 24.0 Å². The first-order chi connectivity index (χ1) is 18.6. The van der Waals surface area contributed by atoms with Crippen molar-refractivity contribution < 1.29 is 13.9 Å². The van der Waals surface area contributed by atoms with Gasteiger partial charge in [-0.05, 0) is 66.4 Å². The van der Waals surface area contributed by atoms with Crippen LogP contribution in [0, 0.1) is 5.82 Å². The lowest BCUT2D eigenvalue weighted by molar-refractivity contribution is 0.120. The number of amides is 2. The molecule has 1 aliphatic heterocycles. The summed E-state index contributed by atoms with van der Waals surface area (Å²) < 4.78 is 19.8. The molecule has 1 heterocycles. The van der Waals surface area contributed by atoms with Crippen LogP contribution in [0.3, 0.4) is 0 Å². The molecule has 4 aromatic carbocycles. The first-order valence-corrected chi connectivity index (χ1v) is 13.0. The van der Waals surface area contributed by atoms with E-state index in [1.807, 2.05) is 65.6 Å². The summed E-state index contributed by atoms with van der Waals surface area (Å²) in [5.41, 5.74) is 2.71. The maximum atomic E-state index is 13.8. The molecule has 38 heavy (non-hydrogen) atoms. The molecule has 0 radical (unpaired) electrons. The van der Waals surface area contributed by atoms with E-state index in [4.69, 9.17) is 4.74 Å². The number of carbonyl (C=O) groups excluding carboxylic acids is 1.